The van der Waals surface area contributed by atoms with E-state index in [1.807, 2.05) is 6.08 Å². The molecule has 5 nitrogen and oxygen atoms in total. The summed E-state index contributed by atoms with van der Waals surface area (Å²) >= 11 is 0. The molecule has 0 N–H and O–H groups in total. The van der Waals surface area contributed by atoms with Gasteiger partial charge in [-0.3, -0.25) is 14.4 Å². The van der Waals surface area contributed by atoms with Gasteiger partial charge in [-0.15, -0.1) is 0 Å². The van der Waals surface area contributed by atoms with Crippen LogP contribution in [-0.2, 0) is 23.9 Å². The average Bonchev–Trinajstić information content (AvgIpc) is 3.09. The third-order valence-electron chi connectivity index (χ3n) is 10.0. The summed E-state index contributed by atoms with van der Waals surface area (Å²) in [6.07, 6.45) is 10.3. The molecule has 4 rings (SSSR count). The molecule has 0 heterocycles. The van der Waals surface area contributed by atoms with Gasteiger partial charge in [0.15, 0.2) is 5.78 Å². The monoisotopic (exact) mass is 444 g/mol. The molecule has 0 unspecified atom stereocenters. The zero-order valence-corrected chi connectivity index (χ0v) is 20.4. The normalized spacial score (nSPS) is 41.6. The van der Waals surface area contributed by atoms with Gasteiger partial charge in [0.1, 0.15) is 6.10 Å². The van der Waals surface area contributed by atoms with Gasteiger partial charge in [-0.25, -0.2) is 0 Å². The number of allylic oxidation sites excluding steroid dienone is 1. The minimum Gasteiger partial charge on any atom is -0.469 e. The summed E-state index contributed by atoms with van der Waals surface area (Å²) < 4.78 is 10.4. The second-order valence-corrected chi connectivity index (χ2v) is 11.5. The first kappa shape index (κ1) is 23.5. The van der Waals surface area contributed by atoms with Gasteiger partial charge in [-0.2, -0.15) is 0 Å². The van der Waals surface area contributed by atoms with Gasteiger partial charge >= 0.3 is 11.9 Å². The van der Waals surface area contributed by atoms with Crippen molar-refractivity contribution >= 4 is 17.7 Å². The van der Waals surface area contributed by atoms with Crippen molar-refractivity contribution in [3.8, 4) is 0 Å². The number of carbonyl (C=O) groups excluding carboxylic acids is 3. The Balaban J connectivity index is 1.54. The third-order valence-corrected chi connectivity index (χ3v) is 10.0. The van der Waals surface area contributed by atoms with Crippen molar-refractivity contribution < 1.29 is 23.9 Å². The highest BCUT2D eigenvalue weighted by Crippen LogP contribution is 2.66. The highest BCUT2D eigenvalue weighted by Gasteiger charge is 2.61. The Morgan fingerprint density at radius 2 is 1.88 bits per heavy atom. The third kappa shape index (κ3) is 3.84. The minimum absolute atomic E-state index is 0.0468. The molecule has 3 saturated carbocycles. The lowest BCUT2D eigenvalue weighted by molar-refractivity contribution is -0.149. The van der Waals surface area contributed by atoms with Gasteiger partial charge in [0.05, 0.1) is 7.11 Å². The summed E-state index contributed by atoms with van der Waals surface area (Å²) in [4.78, 5) is 36.7. The van der Waals surface area contributed by atoms with Gasteiger partial charge in [0.2, 0.25) is 0 Å². The maximum absolute atomic E-state index is 13.5. The summed E-state index contributed by atoms with van der Waals surface area (Å²) in [5.74, 6) is 1.92. The predicted octanol–water partition coefficient (Wildman–Crippen LogP) is 5.27. The van der Waals surface area contributed by atoms with E-state index in [1.165, 1.54) is 19.6 Å². The summed E-state index contributed by atoms with van der Waals surface area (Å²) in [6, 6.07) is 0. The second kappa shape index (κ2) is 8.61. The highest BCUT2D eigenvalue weighted by molar-refractivity contribution is 5.94. The van der Waals surface area contributed by atoms with Crippen LogP contribution >= 0.6 is 0 Å². The molecule has 0 saturated heterocycles. The SMILES string of the molecule is COC(=O)CC[C@H](C)[C@@H]1CC[C@@H]2[C@H]3C(=O)C=C4C[C@@H](OC(C)=O)CC[C@]4(C)[C@@H]3CC[C@@]21C. The number of fused-ring (bicyclic) bond motifs is 5. The topological polar surface area (TPSA) is 69.7 Å². The molecule has 0 spiro atoms. The van der Waals surface area contributed by atoms with E-state index in [1.54, 1.807) is 0 Å². The maximum Gasteiger partial charge on any atom is 0.305 e. The van der Waals surface area contributed by atoms with Crippen LogP contribution in [0.5, 0.6) is 0 Å². The molecule has 0 aromatic heterocycles. The van der Waals surface area contributed by atoms with Gasteiger partial charge in [-0.1, -0.05) is 26.3 Å². The Kier molecular flexibility index (Phi) is 6.32. The van der Waals surface area contributed by atoms with Crippen LogP contribution in [0.15, 0.2) is 11.6 Å². The lowest BCUT2D eigenvalue weighted by atomic mass is 9.46. The molecule has 4 aliphatic carbocycles. The highest BCUT2D eigenvalue weighted by atomic mass is 16.5. The fourth-order valence-corrected chi connectivity index (χ4v) is 8.33. The van der Waals surface area contributed by atoms with Crippen molar-refractivity contribution in [2.75, 3.05) is 7.11 Å². The van der Waals surface area contributed by atoms with E-state index in [0.29, 0.717) is 42.3 Å². The zero-order valence-electron chi connectivity index (χ0n) is 20.4. The Morgan fingerprint density at radius 1 is 1.12 bits per heavy atom. The number of methoxy groups -OCH3 is 1. The molecule has 0 aromatic rings. The lowest BCUT2D eigenvalue weighted by Gasteiger charge is -2.57. The maximum atomic E-state index is 13.5. The van der Waals surface area contributed by atoms with Gasteiger partial charge in [-0.05, 0) is 85.5 Å². The molecule has 178 valence electrons. The van der Waals surface area contributed by atoms with E-state index in [4.69, 9.17) is 9.47 Å². The molecule has 0 aliphatic heterocycles. The number of esters is 2. The van der Waals surface area contributed by atoms with E-state index >= 15 is 0 Å². The molecule has 4 aliphatic rings. The largest absolute Gasteiger partial charge is 0.469 e. The molecule has 0 aromatic carbocycles. The van der Waals surface area contributed by atoms with Gasteiger partial charge in [0.25, 0.3) is 0 Å². The lowest BCUT2D eigenvalue weighted by Crippen LogP contribution is -2.53. The smallest absolute Gasteiger partial charge is 0.305 e. The molecular formula is C27H40O5. The zero-order chi connectivity index (χ0) is 23.3. The first-order valence-electron chi connectivity index (χ1n) is 12.6. The molecule has 5 heteroatoms. The standard InChI is InChI=1S/C27H40O5/c1-16(6-9-24(30)31-5)20-7-8-21-25-22(11-13-27(20,21)4)26(3)12-10-19(32-17(2)28)14-18(26)15-23(25)29/h15-16,19-22,25H,6-14H2,1-5H3/t16-,19-,20-,21+,22+,25+,26-,27+/m0/s1. The molecule has 0 bridgehead atoms. The van der Waals surface area contributed by atoms with Crippen molar-refractivity contribution in [2.24, 2.45) is 40.4 Å². The van der Waals surface area contributed by atoms with Crippen molar-refractivity contribution in [3.05, 3.63) is 11.6 Å². The summed E-state index contributed by atoms with van der Waals surface area (Å²) in [5.41, 5.74) is 1.43. The predicted molar refractivity (Wildman–Crippen MR) is 122 cm³/mol. The fourth-order valence-electron chi connectivity index (χ4n) is 8.33. The second-order valence-electron chi connectivity index (χ2n) is 11.5. The van der Waals surface area contributed by atoms with Crippen LogP contribution in [0, 0.1) is 40.4 Å². The van der Waals surface area contributed by atoms with Gasteiger partial charge < -0.3 is 9.47 Å². The van der Waals surface area contributed by atoms with E-state index in [0.717, 1.165) is 44.9 Å². The number of hydrogen-bond acceptors (Lipinski definition) is 5. The molecule has 0 radical (unpaired) electrons. The van der Waals surface area contributed by atoms with Crippen LogP contribution in [0.4, 0.5) is 0 Å². The minimum atomic E-state index is -0.231. The quantitative estimate of drug-likeness (QED) is 0.541. The number of ether oxygens (including phenoxy) is 2. The fraction of sp³-hybridized carbons (Fsp3) is 0.815. The number of rotatable bonds is 5. The number of carbonyl (C=O) groups is 3. The van der Waals surface area contributed by atoms with Crippen molar-refractivity contribution in [1.29, 1.82) is 0 Å². The van der Waals surface area contributed by atoms with E-state index < -0.39 is 0 Å². The Hall–Kier alpha value is -1.65. The van der Waals surface area contributed by atoms with Crippen LogP contribution in [0.25, 0.3) is 0 Å². The van der Waals surface area contributed by atoms with Crippen LogP contribution < -0.4 is 0 Å². The van der Waals surface area contributed by atoms with Gasteiger partial charge in [0, 0.05) is 25.7 Å². The van der Waals surface area contributed by atoms with Crippen LogP contribution in [0.1, 0.15) is 85.5 Å². The van der Waals surface area contributed by atoms with Crippen molar-refractivity contribution in [2.45, 2.75) is 91.6 Å². The van der Waals surface area contributed by atoms with Crippen LogP contribution in [-0.4, -0.2) is 30.9 Å². The Bertz CT molecular complexity index is 815. The molecule has 3 fully saturated rings. The Labute approximate surface area is 192 Å². The molecule has 8 atom stereocenters. The van der Waals surface area contributed by atoms with Crippen molar-refractivity contribution in [1.82, 2.24) is 0 Å². The van der Waals surface area contributed by atoms with E-state index in [9.17, 15) is 14.4 Å². The summed E-state index contributed by atoms with van der Waals surface area (Å²) in [5, 5.41) is 0. The molecule has 32 heavy (non-hydrogen) atoms. The molecule has 0 amide bonds. The first-order valence-corrected chi connectivity index (χ1v) is 12.6. The number of hydrogen-bond donors (Lipinski definition) is 0. The van der Waals surface area contributed by atoms with Crippen molar-refractivity contribution in [3.63, 3.8) is 0 Å². The number of ketones is 1. The van der Waals surface area contributed by atoms with Crippen LogP contribution in [0.3, 0.4) is 0 Å². The summed E-state index contributed by atoms with van der Waals surface area (Å²) in [7, 11) is 1.46. The van der Waals surface area contributed by atoms with Crippen LogP contribution in [0.2, 0.25) is 0 Å². The average molecular weight is 445 g/mol. The van der Waals surface area contributed by atoms with E-state index in [2.05, 4.69) is 20.8 Å². The summed E-state index contributed by atoms with van der Waals surface area (Å²) in [6.45, 7) is 8.54. The first-order chi connectivity index (χ1) is 15.1. The Morgan fingerprint density at radius 3 is 2.56 bits per heavy atom. The molecular weight excluding hydrogens is 404 g/mol. The van der Waals surface area contributed by atoms with E-state index in [-0.39, 0.29) is 34.8 Å².